The number of nitrogens with one attached hydrogen (secondary N) is 1. The fourth-order valence-electron chi connectivity index (χ4n) is 2.45. The van der Waals surface area contributed by atoms with Crippen LogP contribution < -0.4 is 10.1 Å². The first-order chi connectivity index (χ1) is 11.5. The third kappa shape index (κ3) is 3.39. The Balaban J connectivity index is 1.55. The summed E-state index contributed by atoms with van der Waals surface area (Å²) < 4.78 is 30.1. The molecule has 1 saturated heterocycles. The van der Waals surface area contributed by atoms with E-state index in [0.29, 0.717) is 12.3 Å². The van der Waals surface area contributed by atoms with Gasteiger partial charge in [0.05, 0.1) is 18.6 Å². The monoisotopic (exact) mass is 366 g/mol. The van der Waals surface area contributed by atoms with Crippen LogP contribution in [0.15, 0.2) is 46.7 Å². The zero-order chi connectivity index (χ0) is 17.2. The minimum Gasteiger partial charge on any atom is -0.497 e. The standard InChI is InChI=1S/C16H18N2O4S2/c1-22-12-4-6-14(7-5-12)24(20,21)15-10-18(11-15)16(19)17-9-13-3-2-8-23-13/h2-8,15H,9-11H2,1H3,(H,17,19). The van der Waals surface area contributed by atoms with Crippen LogP contribution in [0.3, 0.4) is 0 Å². The van der Waals surface area contributed by atoms with Gasteiger partial charge in [-0.25, -0.2) is 13.2 Å². The molecule has 0 atom stereocenters. The highest BCUT2D eigenvalue weighted by molar-refractivity contribution is 7.92. The van der Waals surface area contributed by atoms with Gasteiger partial charge in [-0.05, 0) is 35.7 Å². The molecular formula is C16H18N2O4S2. The van der Waals surface area contributed by atoms with Crippen LogP contribution in [0.5, 0.6) is 5.75 Å². The van der Waals surface area contributed by atoms with Crippen molar-refractivity contribution in [2.75, 3.05) is 20.2 Å². The minimum absolute atomic E-state index is 0.213. The number of ether oxygens (including phenoxy) is 1. The molecule has 0 saturated carbocycles. The second-order valence-corrected chi connectivity index (χ2v) is 8.75. The summed E-state index contributed by atoms with van der Waals surface area (Å²) in [6, 6.07) is 9.95. The Morgan fingerprint density at radius 2 is 2.00 bits per heavy atom. The van der Waals surface area contributed by atoms with Gasteiger partial charge >= 0.3 is 6.03 Å². The lowest BCUT2D eigenvalue weighted by Crippen LogP contribution is -2.59. The summed E-state index contributed by atoms with van der Waals surface area (Å²) in [6.45, 7) is 0.887. The molecule has 0 unspecified atom stereocenters. The van der Waals surface area contributed by atoms with Crippen molar-refractivity contribution in [3.8, 4) is 5.75 Å². The molecule has 2 aromatic rings. The van der Waals surface area contributed by atoms with E-state index >= 15 is 0 Å². The molecule has 8 heteroatoms. The van der Waals surface area contributed by atoms with Gasteiger partial charge in [0, 0.05) is 18.0 Å². The van der Waals surface area contributed by atoms with E-state index < -0.39 is 15.1 Å². The molecule has 6 nitrogen and oxygen atoms in total. The van der Waals surface area contributed by atoms with Crippen LogP contribution in [0.25, 0.3) is 0 Å². The van der Waals surface area contributed by atoms with Crippen molar-refractivity contribution in [1.29, 1.82) is 0 Å². The maximum absolute atomic E-state index is 12.5. The lowest BCUT2D eigenvalue weighted by molar-refractivity contribution is 0.169. The van der Waals surface area contributed by atoms with Gasteiger partial charge < -0.3 is 15.0 Å². The topological polar surface area (TPSA) is 75.7 Å². The van der Waals surface area contributed by atoms with Crippen LogP contribution in [0, 0.1) is 0 Å². The summed E-state index contributed by atoms with van der Waals surface area (Å²) in [5.74, 6) is 0.608. The second-order valence-electron chi connectivity index (χ2n) is 5.49. The Labute approximate surface area is 145 Å². The Kier molecular flexibility index (Phi) is 4.77. The van der Waals surface area contributed by atoms with E-state index in [1.165, 1.54) is 24.1 Å². The van der Waals surface area contributed by atoms with E-state index in [4.69, 9.17) is 4.74 Å². The fourth-order valence-corrected chi connectivity index (χ4v) is 4.74. The number of benzene rings is 1. The molecule has 1 N–H and O–H groups in total. The zero-order valence-corrected chi connectivity index (χ0v) is 14.8. The molecule has 1 aliphatic rings. The Hall–Kier alpha value is -2.06. The van der Waals surface area contributed by atoms with E-state index in [9.17, 15) is 13.2 Å². The van der Waals surface area contributed by atoms with E-state index in [0.717, 1.165) is 4.88 Å². The lowest BCUT2D eigenvalue weighted by atomic mass is 10.2. The molecule has 0 radical (unpaired) electrons. The highest BCUT2D eigenvalue weighted by Gasteiger charge is 2.40. The zero-order valence-electron chi connectivity index (χ0n) is 13.1. The average molecular weight is 366 g/mol. The van der Waals surface area contributed by atoms with E-state index in [-0.39, 0.29) is 24.0 Å². The summed E-state index contributed by atoms with van der Waals surface area (Å²) in [6.07, 6.45) is 0. The molecular weight excluding hydrogens is 348 g/mol. The summed E-state index contributed by atoms with van der Waals surface area (Å²) >= 11 is 1.57. The van der Waals surface area contributed by atoms with Crippen LogP contribution in [0.4, 0.5) is 4.79 Å². The van der Waals surface area contributed by atoms with Crippen molar-refractivity contribution >= 4 is 27.2 Å². The maximum Gasteiger partial charge on any atom is 0.317 e. The number of amides is 2. The summed E-state index contributed by atoms with van der Waals surface area (Å²) in [7, 11) is -1.90. The molecule has 1 aromatic heterocycles. The number of nitrogens with zero attached hydrogens (tertiary/aromatic N) is 1. The Morgan fingerprint density at radius 3 is 2.58 bits per heavy atom. The largest absolute Gasteiger partial charge is 0.497 e. The van der Waals surface area contributed by atoms with Gasteiger partial charge in [-0.3, -0.25) is 0 Å². The summed E-state index contributed by atoms with van der Waals surface area (Å²) in [5.41, 5.74) is 0. The number of methoxy groups -OCH3 is 1. The predicted octanol–water partition coefficient (Wildman–Crippen LogP) is 2.12. The average Bonchev–Trinajstić information content (AvgIpc) is 3.04. The van der Waals surface area contributed by atoms with Crippen LogP contribution >= 0.6 is 11.3 Å². The summed E-state index contributed by atoms with van der Waals surface area (Å²) in [5, 5.41) is 4.19. The number of carbonyl (C=O) groups excluding carboxylic acids is 1. The number of urea groups is 1. The van der Waals surface area contributed by atoms with E-state index in [1.54, 1.807) is 23.5 Å². The number of carbonyl (C=O) groups is 1. The molecule has 24 heavy (non-hydrogen) atoms. The van der Waals surface area contributed by atoms with Crippen LogP contribution in [-0.2, 0) is 16.4 Å². The first kappa shape index (κ1) is 16.8. The van der Waals surface area contributed by atoms with Gasteiger partial charge in [0.15, 0.2) is 9.84 Å². The quantitative estimate of drug-likeness (QED) is 0.879. The normalized spacial score (nSPS) is 15.0. The van der Waals surface area contributed by atoms with Crippen molar-refractivity contribution in [2.24, 2.45) is 0 Å². The highest BCUT2D eigenvalue weighted by atomic mass is 32.2. The van der Waals surface area contributed by atoms with Crippen LogP contribution in [0.1, 0.15) is 4.88 Å². The third-order valence-corrected chi connectivity index (χ3v) is 6.94. The number of hydrogen-bond acceptors (Lipinski definition) is 5. The number of hydrogen-bond donors (Lipinski definition) is 1. The van der Waals surface area contributed by atoms with E-state index in [1.807, 2.05) is 17.5 Å². The molecule has 2 heterocycles. The number of likely N-dealkylation sites (tertiary alicyclic amines) is 1. The Bertz CT molecular complexity index is 795. The van der Waals surface area contributed by atoms with Gasteiger partial charge in [-0.1, -0.05) is 6.07 Å². The van der Waals surface area contributed by atoms with Gasteiger partial charge in [0.2, 0.25) is 0 Å². The number of sulfone groups is 1. The SMILES string of the molecule is COc1ccc(S(=O)(=O)C2CN(C(=O)NCc3cccs3)C2)cc1. The highest BCUT2D eigenvalue weighted by Crippen LogP contribution is 2.25. The van der Waals surface area contributed by atoms with Crippen molar-refractivity contribution in [1.82, 2.24) is 10.2 Å². The van der Waals surface area contributed by atoms with Crippen LogP contribution in [-0.4, -0.2) is 44.8 Å². The molecule has 0 aliphatic carbocycles. The van der Waals surface area contributed by atoms with Gasteiger partial charge in [-0.2, -0.15) is 0 Å². The molecule has 1 aromatic carbocycles. The van der Waals surface area contributed by atoms with Gasteiger partial charge in [0.1, 0.15) is 11.0 Å². The van der Waals surface area contributed by atoms with Crippen molar-refractivity contribution in [3.05, 3.63) is 46.7 Å². The number of thiophene rings is 1. The Morgan fingerprint density at radius 1 is 1.29 bits per heavy atom. The van der Waals surface area contributed by atoms with Crippen molar-refractivity contribution in [3.63, 3.8) is 0 Å². The fraction of sp³-hybridized carbons (Fsp3) is 0.312. The molecule has 1 aliphatic heterocycles. The smallest absolute Gasteiger partial charge is 0.317 e. The first-order valence-corrected chi connectivity index (χ1v) is 9.86. The third-order valence-electron chi connectivity index (χ3n) is 3.96. The lowest BCUT2D eigenvalue weighted by Gasteiger charge is -2.38. The van der Waals surface area contributed by atoms with Crippen molar-refractivity contribution in [2.45, 2.75) is 16.7 Å². The molecule has 2 amide bonds. The first-order valence-electron chi connectivity index (χ1n) is 7.44. The molecule has 0 bridgehead atoms. The number of rotatable bonds is 5. The predicted molar refractivity (Wildman–Crippen MR) is 92.1 cm³/mol. The van der Waals surface area contributed by atoms with Gasteiger partial charge in [0.25, 0.3) is 0 Å². The molecule has 1 fully saturated rings. The summed E-state index contributed by atoms with van der Waals surface area (Å²) in [4.78, 5) is 14.9. The minimum atomic E-state index is -3.43. The molecule has 3 rings (SSSR count). The van der Waals surface area contributed by atoms with E-state index in [2.05, 4.69) is 5.32 Å². The second kappa shape index (κ2) is 6.82. The molecule has 0 spiro atoms. The van der Waals surface area contributed by atoms with Crippen LogP contribution in [0.2, 0.25) is 0 Å². The maximum atomic E-state index is 12.5. The van der Waals surface area contributed by atoms with Gasteiger partial charge in [-0.15, -0.1) is 11.3 Å². The molecule has 128 valence electrons. The van der Waals surface area contributed by atoms with Crippen molar-refractivity contribution < 1.29 is 17.9 Å².